The second-order valence-corrected chi connectivity index (χ2v) is 7.01. The van der Waals surface area contributed by atoms with Crippen molar-refractivity contribution in [2.24, 2.45) is 0 Å². The molecule has 2 atom stereocenters. The number of alkyl halides is 3. The van der Waals surface area contributed by atoms with Crippen molar-refractivity contribution in [2.75, 3.05) is 13.1 Å². The normalized spacial score (nSPS) is 25.0. The van der Waals surface area contributed by atoms with Gasteiger partial charge in [-0.1, -0.05) is 0 Å². The van der Waals surface area contributed by atoms with Crippen molar-refractivity contribution < 1.29 is 21.6 Å². The van der Waals surface area contributed by atoms with Crippen LogP contribution in [0.1, 0.15) is 19.4 Å². The van der Waals surface area contributed by atoms with Gasteiger partial charge in [0.05, 0.1) is 10.5 Å². The molecule has 1 fully saturated rings. The first-order valence-electron chi connectivity index (χ1n) is 6.56. The molecular weight excluding hydrogens is 305 g/mol. The molecule has 0 aliphatic carbocycles. The van der Waals surface area contributed by atoms with Gasteiger partial charge in [-0.2, -0.15) is 17.5 Å². The Hall–Kier alpha value is -1.12. The Morgan fingerprint density at radius 2 is 1.76 bits per heavy atom. The molecule has 1 aromatic rings. The Morgan fingerprint density at radius 1 is 1.19 bits per heavy atom. The first-order valence-corrected chi connectivity index (χ1v) is 8.00. The fourth-order valence-electron chi connectivity index (χ4n) is 2.32. The number of piperazine rings is 1. The van der Waals surface area contributed by atoms with Crippen molar-refractivity contribution in [2.45, 2.75) is 37.0 Å². The predicted octanol–water partition coefficient (Wildman–Crippen LogP) is 2.08. The third-order valence-corrected chi connectivity index (χ3v) is 5.77. The smallest absolute Gasteiger partial charge is 0.311 e. The number of hydrogen-bond donors (Lipinski definition) is 1. The highest BCUT2D eigenvalue weighted by atomic mass is 32.2. The van der Waals surface area contributed by atoms with E-state index in [1.54, 1.807) is 6.92 Å². The van der Waals surface area contributed by atoms with E-state index in [0.29, 0.717) is 13.1 Å². The Kier molecular flexibility index (Phi) is 4.32. The van der Waals surface area contributed by atoms with Crippen LogP contribution in [-0.2, 0) is 16.2 Å². The molecule has 21 heavy (non-hydrogen) atoms. The van der Waals surface area contributed by atoms with E-state index in [1.807, 2.05) is 6.92 Å². The number of hydrogen-bond acceptors (Lipinski definition) is 3. The monoisotopic (exact) mass is 322 g/mol. The Balaban J connectivity index is 2.31. The number of nitrogens with one attached hydrogen (secondary N) is 1. The summed E-state index contributed by atoms with van der Waals surface area (Å²) in [5, 5.41) is 3.16. The van der Waals surface area contributed by atoms with E-state index in [0.717, 1.165) is 24.3 Å². The van der Waals surface area contributed by atoms with Crippen molar-refractivity contribution in [1.82, 2.24) is 9.62 Å². The fraction of sp³-hybridized carbons (Fsp3) is 0.538. The van der Waals surface area contributed by atoms with Crippen LogP contribution < -0.4 is 5.32 Å². The number of nitrogens with zero attached hydrogens (tertiary/aromatic N) is 1. The number of rotatable bonds is 2. The van der Waals surface area contributed by atoms with Crippen LogP contribution in [0, 0.1) is 0 Å². The third-order valence-electron chi connectivity index (χ3n) is 3.76. The van der Waals surface area contributed by atoms with E-state index >= 15 is 0 Å². The van der Waals surface area contributed by atoms with E-state index in [2.05, 4.69) is 5.32 Å². The zero-order valence-electron chi connectivity index (χ0n) is 11.7. The van der Waals surface area contributed by atoms with Gasteiger partial charge in [0.15, 0.2) is 0 Å². The molecule has 0 radical (unpaired) electrons. The first kappa shape index (κ1) is 16.3. The molecule has 0 aromatic heterocycles. The van der Waals surface area contributed by atoms with Crippen LogP contribution in [0.5, 0.6) is 0 Å². The van der Waals surface area contributed by atoms with Crippen molar-refractivity contribution in [1.29, 1.82) is 0 Å². The van der Waals surface area contributed by atoms with Crippen LogP contribution in [0.25, 0.3) is 0 Å². The highest BCUT2D eigenvalue weighted by Crippen LogP contribution is 2.30. The van der Waals surface area contributed by atoms with E-state index < -0.39 is 21.8 Å². The molecular formula is C13H17F3N2O2S. The quantitative estimate of drug-likeness (QED) is 0.907. The van der Waals surface area contributed by atoms with E-state index in [1.165, 1.54) is 4.31 Å². The summed E-state index contributed by atoms with van der Waals surface area (Å²) in [4.78, 5) is -0.114. The Bertz CT molecular complexity index is 599. The van der Waals surface area contributed by atoms with Gasteiger partial charge >= 0.3 is 6.18 Å². The molecule has 1 N–H and O–H groups in total. The van der Waals surface area contributed by atoms with Crippen LogP contribution in [0.3, 0.4) is 0 Å². The summed E-state index contributed by atoms with van der Waals surface area (Å²) in [5.41, 5.74) is -0.858. The average molecular weight is 322 g/mol. The predicted molar refractivity (Wildman–Crippen MR) is 72.3 cm³/mol. The van der Waals surface area contributed by atoms with Crippen LogP contribution in [-0.4, -0.2) is 37.9 Å². The van der Waals surface area contributed by atoms with Crippen LogP contribution >= 0.6 is 0 Å². The molecule has 8 heteroatoms. The Labute approximate surface area is 122 Å². The molecule has 2 rings (SSSR count). The maximum atomic E-state index is 12.5. The topological polar surface area (TPSA) is 49.4 Å². The van der Waals surface area contributed by atoms with Gasteiger partial charge in [-0.15, -0.1) is 0 Å². The molecule has 1 aliphatic rings. The summed E-state index contributed by atoms with van der Waals surface area (Å²) < 4.78 is 63.9. The summed E-state index contributed by atoms with van der Waals surface area (Å²) in [7, 11) is -3.78. The maximum absolute atomic E-state index is 12.5. The van der Waals surface area contributed by atoms with Crippen molar-refractivity contribution >= 4 is 10.0 Å². The Morgan fingerprint density at radius 3 is 2.29 bits per heavy atom. The van der Waals surface area contributed by atoms with Crippen molar-refractivity contribution in [3.05, 3.63) is 29.8 Å². The zero-order chi connectivity index (χ0) is 15.8. The third kappa shape index (κ3) is 3.22. The number of halogens is 3. The second kappa shape index (κ2) is 5.58. The minimum atomic E-state index is -4.47. The number of benzene rings is 1. The molecule has 118 valence electrons. The summed E-state index contributed by atoms with van der Waals surface area (Å²) in [6.07, 6.45) is -4.47. The molecule has 1 aromatic carbocycles. The minimum Gasteiger partial charge on any atom is -0.311 e. The van der Waals surface area contributed by atoms with Crippen molar-refractivity contribution in [3.8, 4) is 0 Å². The lowest BCUT2D eigenvalue weighted by Gasteiger charge is -2.37. The first-order chi connectivity index (χ1) is 9.64. The van der Waals surface area contributed by atoms with Gasteiger partial charge in [-0.05, 0) is 38.1 Å². The van der Waals surface area contributed by atoms with Crippen LogP contribution in [0.15, 0.2) is 29.2 Å². The van der Waals surface area contributed by atoms with E-state index in [-0.39, 0.29) is 17.0 Å². The molecule has 1 heterocycles. The molecule has 1 aliphatic heterocycles. The summed E-state index contributed by atoms with van der Waals surface area (Å²) in [6.45, 7) is 4.47. The fourth-order valence-corrected chi connectivity index (χ4v) is 4.02. The molecule has 4 nitrogen and oxygen atoms in total. The number of sulfonamides is 1. The SMILES string of the molecule is CC1NCCN(S(=O)(=O)c2ccc(C(F)(F)F)cc2)C1C. The van der Waals surface area contributed by atoms with Gasteiger partial charge in [-0.25, -0.2) is 8.42 Å². The van der Waals surface area contributed by atoms with Gasteiger partial charge in [0, 0.05) is 25.2 Å². The van der Waals surface area contributed by atoms with Crippen LogP contribution in [0.2, 0.25) is 0 Å². The van der Waals surface area contributed by atoms with Crippen LogP contribution in [0.4, 0.5) is 13.2 Å². The standard InChI is InChI=1S/C13H17F3N2O2S/c1-9-10(2)18(8-7-17-9)21(19,20)12-5-3-11(4-6-12)13(14,15)16/h3-6,9-10,17H,7-8H2,1-2H3. The molecule has 0 saturated carbocycles. The lowest BCUT2D eigenvalue weighted by atomic mass is 10.1. The van der Waals surface area contributed by atoms with Gasteiger partial charge in [-0.3, -0.25) is 0 Å². The lowest BCUT2D eigenvalue weighted by Crippen LogP contribution is -2.57. The van der Waals surface area contributed by atoms with E-state index in [9.17, 15) is 21.6 Å². The van der Waals surface area contributed by atoms with Crippen molar-refractivity contribution in [3.63, 3.8) is 0 Å². The molecule has 0 amide bonds. The highest BCUT2D eigenvalue weighted by Gasteiger charge is 2.35. The van der Waals surface area contributed by atoms with Gasteiger partial charge in [0.1, 0.15) is 0 Å². The van der Waals surface area contributed by atoms with E-state index in [4.69, 9.17) is 0 Å². The summed E-state index contributed by atoms with van der Waals surface area (Å²) >= 11 is 0. The molecule has 0 spiro atoms. The maximum Gasteiger partial charge on any atom is 0.416 e. The van der Waals surface area contributed by atoms with Gasteiger partial charge in [0.2, 0.25) is 10.0 Å². The minimum absolute atomic E-state index is 0.0111. The molecule has 2 unspecified atom stereocenters. The second-order valence-electron chi connectivity index (χ2n) is 5.12. The summed E-state index contributed by atoms with van der Waals surface area (Å²) in [6, 6.07) is 3.34. The highest BCUT2D eigenvalue weighted by molar-refractivity contribution is 7.89. The molecule has 0 bridgehead atoms. The molecule has 1 saturated heterocycles. The average Bonchev–Trinajstić information content (AvgIpc) is 2.41. The summed E-state index contributed by atoms with van der Waals surface area (Å²) in [5.74, 6) is 0. The van der Waals surface area contributed by atoms with Gasteiger partial charge < -0.3 is 5.32 Å². The lowest BCUT2D eigenvalue weighted by molar-refractivity contribution is -0.137. The largest absolute Gasteiger partial charge is 0.416 e. The van der Waals surface area contributed by atoms with Gasteiger partial charge in [0.25, 0.3) is 0 Å². The zero-order valence-corrected chi connectivity index (χ0v) is 12.5.